The van der Waals surface area contributed by atoms with Crippen LogP contribution >= 0.6 is 0 Å². The van der Waals surface area contributed by atoms with Gasteiger partial charge >= 0.3 is 0 Å². The van der Waals surface area contributed by atoms with Crippen molar-refractivity contribution in [3.8, 4) is 0 Å². The number of imidazole rings is 1. The zero-order chi connectivity index (χ0) is 4.41. The molecule has 1 heterocycles. The number of hydrogen-bond donors (Lipinski definition) is 0. The Kier molecular flexibility index (Phi) is 25.2. The summed E-state index contributed by atoms with van der Waals surface area (Å²) in [5.74, 6) is 0. The molecule has 0 saturated heterocycles. The fourth-order valence-corrected chi connectivity index (χ4v) is 0.326. The number of nitrogens with zero attached hydrogens (tertiary/aromatic N) is 2. The quantitative estimate of drug-likeness (QED) is 0.496. The molecule has 0 N–H and O–H groups in total. The highest BCUT2D eigenvalue weighted by atomic mass is 19.0. The zero-order valence-corrected chi connectivity index (χ0v) is 5.43. The van der Waals surface area contributed by atoms with Crippen LogP contribution in [0.25, 0.3) is 0 Å². The van der Waals surface area contributed by atoms with Gasteiger partial charge in [0.1, 0.15) is 0 Å². The SMILES string of the molecule is Cn1ccnc1.F.F.F.[B]. The van der Waals surface area contributed by atoms with Crippen molar-refractivity contribution in [1.82, 2.24) is 9.55 Å². The minimum atomic E-state index is 0. The van der Waals surface area contributed by atoms with Crippen molar-refractivity contribution < 1.29 is 14.1 Å². The molecule has 0 amide bonds. The predicted molar refractivity (Wildman–Crippen MR) is 36.5 cm³/mol. The van der Waals surface area contributed by atoms with Crippen LogP contribution in [0.4, 0.5) is 14.1 Å². The molecule has 3 radical (unpaired) electrons. The van der Waals surface area contributed by atoms with Gasteiger partial charge in [0.25, 0.3) is 0 Å². The van der Waals surface area contributed by atoms with Crippen molar-refractivity contribution in [2.45, 2.75) is 0 Å². The molecular weight excluding hydrogens is 144 g/mol. The smallest absolute Gasteiger partial charge is 0.0943 e. The number of rotatable bonds is 0. The molecule has 59 valence electrons. The highest BCUT2D eigenvalue weighted by molar-refractivity contribution is 5.75. The average molecular weight is 153 g/mol. The first kappa shape index (κ1) is 23.0. The van der Waals surface area contributed by atoms with Gasteiger partial charge in [-0.25, -0.2) is 4.98 Å². The second-order valence-corrected chi connectivity index (χ2v) is 1.23. The molecule has 0 aliphatic carbocycles. The molecule has 0 aromatic carbocycles. The van der Waals surface area contributed by atoms with E-state index in [0.717, 1.165) is 0 Å². The molecule has 1 aromatic rings. The Morgan fingerprint density at radius 3 is 1.80 bits per heavy atom. The number of halogens is 3. The number of hydrogen-bond acceptors (Lipinski definition) is 1. The summed E-state index contributed by atoms with van der Waals surface area (Å²) < 4.78 is 1.89. The van der Waals surface area contributed by atoms with Gasteiger partial charge in [-0.3, -0.25) is 14.1 Å². The van der Waals surface area contributed by atoms with Crippen LogP contribution in [0.3, 0.4) is 0 Å². The summed E-state index contributed by atoms with van der Waals surface area (Å²) in [7, 11) is 1.94. The molecule has 0 fully saturated rings. The average Bonchev–Trinajstić information content (AvgIpc) is 1.86. The fraction of sp³-hybridized carbons (Fsp3) is 0.250. The first-order valence-corrected chi connectivity index (χ1v) is 1.81. The van der Waals surface area contributed by atoms with E-state index in [1.165, 1.54) is 0 Å². The highest BCUT2D eigenvalue weighted by Gasteiger charge is 1.69. The maximum atomic E-state index is 3.78. The number of aryl methyl sites for hydroxylation is 1. The summed E-state index contributed by atoms with van der Waals surface area (Å²) in [5, 5.41) is 0. The summed E-state index contributed by atoms with van der Waals surface area (Å²) in [6, 6.07) is 0. The Bertz CT molecular complexity index is 122. The largest absolute Gasteiger partial charge is 0.341 e. The van der Waals surface area contributed by atoms with Crippen LogP contribution in [-0.2, 0) is 7.05 Å². The minimum absolute atomic E-state index is 0. The lowest BCUT2D eigenvalue weighted by atomic mass is 10.8. The van der Waals surface area contributed by atoms with Crippen LogP contribution in [-0.4, -0.2) is 18.0 Å². The van der Waals surface area contributed by atoms with Crippen LogP contribution < -0.4 is 0 Å². The van der Waals surface area contributed by atoms with E-state index in [1.54, 1.807) is 12.5 Å². The number of aromatic nitrogens is 2. The molecule has 0 unspecified atom stereocenters. The molecule has 0 bridgehead atoms. The molecule has 6 heteroatoms. The van der Waals surface area contributed by atoms with Crippen molar-refractivity contribution in [2.75, 3.05) is 0 Å². The van der Waals surface area contributed by atoms with Gasteiger partial charge < -0.3 is 4.57 Å². The molecule has 0 spiro atoms. The minimum Gasteiger partial charge on any atom is -0.341 e. The molecular formula is C4H9BF3N2. The lowest BCUT2D eigenvalue weighted by Gasteiger charge is -1.76. The predicted octanol–water partition coefficient (Wildman–Crippen LogP) is 0.497. The van der Waals surface area contributed by atoms with E-state index in [-0.39, 0.29) is 22.5 Å². The Balaban J connectivity index is -0.0000000450. The Hall–Kier alpha value is -0.935. The van der Waals surface area contributed by atoms with Gasteiger partial charge in [0.05, 0.1) is 6.33 Å². The molecule has 0 aliphatic heterocycles. The van der Waals surface area contributed by atoms with E-state index in [4.69, 9.17) is 0 Å². The van der Waals surface area contributed by atoms with Crippen LogP contribution in [0, 0.1) is 0 Å². The van der Waals surface area contributed by atoms with E-state index in [1.807, 2.05) is 17.8 Å². The third-order valence-corrected chi connectivity index (χ3v) is 0.637. The molecule has 0 atom stereocenters. The molecule has 0 saturated carbocycles. The van der Waals surface area contributed by atoms with E-state index in [0.29, 0.717) is 0 Å². The summed E-state index contributed by atoms with van der Waals surface area (Å²) in [6.45, 7) is 0. The molecule has 1 rings (SSSR count). The maximum absolute atomic E-state index is 3.78. The molecule has 0 aliphatic rings. The van der Waals surface area contributed by atoms with Gasteiger partial charge in [0, 0.05) is 27.9 Å². The monoisotopic (exact) mass is 153 g/mol. The summed E-state index contributed by atoms with van der Waals surface area (Å²) in [5.41, 5.74) is 0. The normalized spacial score (nSPS) is 5.30. The van der Waals surface area contributed by atoms with Gasteiger partial charge in [-0.05, 0) is 0 Å². The van der Waals surface area contributed by atoms with E-state index in [9.17, 15) is 0 Å². The van der Waals surface area contributed by atoms with E-state index < -0.39 is 0 Å². The summed E-state index contributed by atoms with van der Waals surface area (Å²) >= 11 is 0. The highest BCUT2D eigenvalue weighted by Crippen LogP contribution is 1.73. The van der Waals surface area contributed by atoms with Crippen LogP contribution in [0.2, 0.25) is 0 Å². The van der Waals surface area contributed by atoms with Gasteiger partial charge in [-0.2, -0.15) is 0 Å². The maximum Gasteiger partial charge on any atom is 0.0943 e. The van der Waals surface area contributed by atoms with Gasteiger partial charge in [0.2, 0.25) is 0 Å². The zero-order valence-electron chi connectivity index (χ0n) is 5.43. The lowest BCUT2D eigenvalue weighted by molar-refractivity contribution is 0.913. The van der Waals surface area contributed by atoms with Crippen molar-refractivity contribution in [3.05, 3.63) is 18.7 Å². The van der Waals surface area contributed by atoms with Crippen molar-refractivity contribution in [2.24, 2.45) is 7.05 Å². The van der Waals surface area contributed by atoms with Crippen molar-refractivity contribution >= 4 is 8.41 Å². The third kappa shape index (κ3) is 7.06. The van der Waals surface area contributed by atoms with Crippen LogP contribution in [0.1, 0.15) is 0 Å². The molecule has 1 aromatic heterocycles. The van der Waals surface area contributed by atoms with E-state index in [2.05, 4.69) is 4.98 Å². The molecule has 10 heavy (non-hydrogen) atoms. The van der Waals surface area contributed by atoms with Gasteiger partial charge in [0.15, 0.2) is 0 Å². The Morgan fingerprint density at radius 1 is 1.20 bits per heavy atom. The fourth-order valence-electron chi connectivity index (χ4n) is 0.326. The third-order valence-electron chi connectivity index (χ3n) is 0.637. The standard InChI is InChI=1S/C4H6N2.B.3FH/c1-6-3-2-5-4-6;;;;/h2-4H,1H3;;3*1H. The first-order chi connectivity index (χ1) is 2.89. The second kappa shape index (κ2) is 10.9. The summed E-state index contributed by atoms with van der Waals surface area (Å²) in [6.07, 6.45) is 5.39. The van der Waals surface area contributed by atoms with Crippen LogP contribution in [0.15, 0.2) is 18.7 Å². The molecule has 2 nitrogen and oxygen atoms in total. The van der Waals surface area contributed by atoms with Crippen molar-refractivity contribution in [1.29, 1.82) is 0 Å². The topological polar surface area (TPSA) is 17.8 Å². The van der Waals surface area contributed by atoms with Crippen molar-refractivity contribution in [3.63, 3.8) is 0 Å². The van der Waals surface area contributed by atoms with Gasteiger partial charge in [-0.1, -0.05) is 0 Å². The Labute approximate surface area is 58.9 Å². The second-order valence-electron chi connectivity index (χ2n) is 1.23. The first-order valence-electron chi connectivity index (χ1n) is 1.81. The Morgan fingerprint density at radius 2 is 1.70 bits per heavy atom. The van der Waals surface area contributed by atoms with E-state index >= 15 is 0 Å². The van der Waals surface area contributed by atoms with Gasteiger partial charge in [-0.15, -0.1) is 0 Å². The van der Waals surface area contributed by atoms with Crippen LogP contribution in [0.5, 0.6) is 0 Å². The summed E-state index contributed by atoms with van der Waals surface area (Å²) in [4.78, 5) is 3.78. The lowest BCUT2D eigenvalue weighted by Crippen LogP contribution is -1.76.